The molecule has 0 aromatic heterocycles. The van der Waals surface area contributed by atoms with Crippen LogP contribution in [0.25, 0.3) is 0 Å². The number of hydrogen-bond acceptors (Lipinski definition) is 2. The van der Waals surface area contributed by atoms with Gasteiger partial charge in [-0.05, 0) is 57.5 Å². The molecule has 0 radical (unpaired) electrons. The lowest BCUT2D eigenvalue weighted by molar-refractivity contribution is 0.480. The van der Waals surface area contributed by atoms with Gasteiger partial charge in [0.1, 0.15) is 19.6 Å². The van der Waals surface area contributed by atoms with E-state index in [-0.39, 0.29) is 0 Å². The van der Waals surface area contributed by atoms with Crippen LogP contribution in [-0.2, 0) is 0 Å². The molecule has 0 unspecified atom stereocenters. The van der Waals surface area contributed by atoms with Crippen LogP contribution in [0, 0.1) is 0 Å². The van der Waals surface area contributed by atoms with E-state index in [1.165, 1.54) is 10.4 Å². The Hall–Kier alpha value is -1.31. The maximum Gasteiger partial charge on any atom is 0.258 e. The molecule has 5 heteroatoms. The smallest absolute Gasteiger partial charge is 0.258 e. The fourth-order valence-electron chi connectivity index (χ4n) is 7.18. The van der Waals surface area contributed by atoms with Crippen LogP contribution in [-0.4, -0.2) is 24.7 Å². The lowest BCUT2D eigenvalue weighted by atomic mass is 10.3. The molecule has 2 nitrogen and oxygen atoms in total. The second-order valence-electron chi connectivity index (χ2n) is 13.5. The van der Waals surface area contributed by atoms with Crippen LogP contribution >= 0.6 is 0 Å². The van der Waals surface area contributed by atoms with Crippen LogP contribution in [0.5, 0.6) is 11.5 Å². The summed E-state index contributed by atoms with van der Waals surface area (Å²) in [5, 5.41) is 2.84. The summed E-state index contributed by atoms with van der Waals surface area (Å²) in [5.41, 5.74) is 3.35. The molecule has 0 atom stereocenters. The first-order valence-electron chi connectivity index (χ1n) is 14.6. The molecular formula is C32H56O2Si3. The molecule has 208 valence electrons. The molecular weight excluding hydrogens is 501 g/mol. The SMILES string of the molecule is CC(C)[Si](Oc1cccc([Si](C)(C)c2cccc(O[Si](C(C)C)(C(C)C)C(C)C)c2)c1)(C(C)C)C(C)C. The summed E-state index contributed by atoms with van der Waals surface area (Å²) in [6, 6.07) is 18.1. The van der Waals surface area contributed by atoms with Crippen LogP contribution in [0.3, 0.4) is 0 Å². The molecule has 2 aromatic rings. The lowest BCUT2D eigenvalue weighted by Crippen LogP contribution is -2.54. The summed E-state index contributed by atoms with van der Waals surface area (Å²) in [6.07, 6.45) is 0. The predicted molar refractivity (Wildman–Crippen MR) is 173 cm³/mol. The first-order valence-corrected chi connectivity index (χ1v) is 21.9. The van der Waals surface area contributed by atoms with Gasteiger partial charge in [-0.2, -0.15) is 0 Å². The summed E-state index contributed by atoms with van der Waals surface area (Å²) in [7, 11) is -5.96. The Morgan fingerprint density at radius 1 is 0.459 bits per heavy atom. The second kappa shape index (κ2) is 12.3. The van der Waals surface area contributed by atoms with Crippen molar-refractivity contribution in [2.45, 2.75) is 129 Å². The van der Waals surface area contributed by atoms with Crippen molar-refractivity contribution in [1.29, 1.82) is 0 Å². The quantitative estimate of drug-likeness (QED) is 0.242. The van der Waals surface area contributed by atoms with Crippen molar-refractivity contribution in [2.75, 3.05) is 0 Å². The molecule has 37 heavy (non-hydrogen) atoms. The summed E-state index contributed by atoms with van der Waals surface area (Å²) in [5.74, 6) is 2.11. The van der Waals surface area contributed by atoms with Crippen molar-refractivity contribution >= 4 is 35.1 Å². The van der Waals surface area contributed by atoms with Gasteiger partial charge in [0, 0.05) is 0 Å². The van der Waals surface area contributed by atoms with E-state index in [4.69, 9.17) is 8.85 Å². The summed E-state index contributed by atoms with van der Waals surface area (Å²) < 4.78 is 14.1. The fourth-order valence-corrected chi connectivity index (χ4v) is 20.0. The minimum Gasteiger partial charge on any atom is -0.543 e. The highest BCUT2D eigenvalue weighted by molar-refractivity contribution is 7.00. The second-order valence-corrected chi connectivity index (χ2v) is 28.7. The standard InChI is InChI=1S/C32H56O2Si3/c1-23(2)36(24(3)4,25(5)6)33-29-17-15-19-31(21-29)35(13,14)32-20-16-18-30(22-32)34-37(26(7)8,27(9)10)28(11)12/h15-28H,1-14H3. The molecule has 2 aromatic carbocycles. The average molecular weight is 557 g/mol. The minimum absolute atomic E-state index is 0.558. The van der Waals surface area contributed by atoms with Crippen molar-refractivity contribution < 1.29 is 8.85 Å². The molecule has 0 bridgehead atoms. The Morgan fingerprint density at radius 2 is 0.730 bits per heavy atom. The normalized spacial score (nSPS) is 13.5. The van der Waals surface area contributed by atoms with Gasteiger partial charge >= 0.3 is 0 Å². The predicted octanol–water partition coefficient (Wildman–Crippen LogP) is 9.62. The Kier molecular flexibility index (Phi) is 10.6. The van der Waals surface area contributed by atoms with Crippen molar-refractivity contribution in [2.24, 2.45) is 0 Å². The Balaban J connectivity index is 2.49. The summed E-state index contributed by atoms with van der Waals surface area (Å²) in [4.78, 5) is 0. The lowest BCUT2D eigenvalue weighted by Gasteiger charge is -2.42. The number of hydrogen-bond donors (Lipinski definition) is 0. The Bertz CT molecular complexity index is 886. The maximum absolute atomic E-state index is 7.07. The third-order valence-corrected chi connectivity index (χ3v) is 24.6. The van der Waals surface area contributed by atoms with E-state index in [2.05, 4.69) is 145 Å². The van der Waals surface area contributed by atoms with Crippen LogP contribution in [0.4, 0.5) is 0 Å². The molecule has 0 fully saturated rings. The van der Waals surface area contributed by atoms with Gasteiger partial charge in [0.05, 0.1) is 0 Å². The molecule has 0 amide bonds. The van der Waals surface area contributed by atoms with Gasteiger partial charge in [-0.3, -0.25) is 0 Å². The topological polar surface area (TPSA) is 18.5 Å². The molecule has 0 spiro atoms. The first kappa shape index (κ1) is 31.9. The maximum atomic E-state index is 7.07. The van der Waals surface area contributed by atoms with E-state index in [9.17, 15) is 0 Å². The van der Waals surface area contributed by atoms with Crippen molar-refractivity contribution in [3.05, 3.63) is 48.5 Å². The molecule has 0 saturated heterocycles. The van der Waals surface area contributed by atoms with Gasteiger partial charge in [-0.25, -0.2) is 0 Å². The third kappa shape index (κ3) is 6.30. The molecule has 0 aliphatic rings. The molecule has 0 N–H and O–H groups in total. The minimum atomic E-state index is -2.00. The largest absolute Gasteiger partial charge is 0.543 e. The Labute approximate surface area is 232 Å². The Morgan fingerprint density at radius 3 is 0.973 bits per heavy atom. The van der Waals surface area contributed by atoms with Gasteiger partial charge in [-0.1, -0.05) is 131 Å². The zero-order chi connectivity index (χ0) is 28.3. The third-order valence-electron chi connectivity index (χ3n) is 9.11. The van der Waals surface area contributed by atoms with Gasteiger partial charge < -0.3 is 8.85 Å². The zero-order valence-corrected chi connectivity index (χ0v) is 29.4. The van der Waals surface area contributed by atoms with E-state index in [0.717, 1.165) is 11.5 Å². The van der Waals surface area contributed by atoms with Crippen molar-refractivity contribution in [3.63, 3.8) is 0 Å². The van der Waals surface area contributed by atoms with Gasteiger partial charge in [0.2, 0.25) is 0 Å². The van der Waals surface area contributed by atoms with E-state index < -0.39 is 24.7 Å². The van der Waals surface area contributed by atoms with E-state index >= 15 is 0 Å². The van der Waals surface area contributed by atoms with E-state index in [1.807, 2.05) is 0 Å². The molecule has 2 rings (SSSR count). The number of benzene rings is 2. The van der Waals surface area contributed by atoms with Crippen molar-refractivity contribution in [3.8, 4) is 11.5 Å². The van der Waals surface area contributed by atoms with Crippen LogP contribution in [0.15, 0.2) is 48.5 Å². The number of rotatable bonds is 12. The summed E-state index contributed by atoms with van der Waals surface area (Å²) in [6.45, 7) is 33.2. The first-order chi connectivity index (χ1) is 17.0. The fraction of sp³-hybridized carbons (Fsp3) is 0.625. The van der Waals surface area contributed by atoms with E-state index in [0.29, 0.717) is 33.2 Å². The monoisotopic (exact) mass is 556 g/mol. The van der Waals surface area contributed by atoms with E-state index in [1.54, 1.807) is 0 Å². The highest BCUT2D eigenvalue weighted by Gasteiger charge is 2.48. The molecule has 0 aliphatic carbocycles. The van der Waals surface area contributed by atoms with Crippen LogP contribution < -0.4 is 19.2 Å². The highest BCUT2D eigenvalue weighted by Crippen LogP contribution is 2.43. The van der Waals surface area contributed by atoms with Crippen molar-refractivity contribution in [1.82, 2.24) is 0 Å². The zero-order valence-electron chi connectivity index (χ0n) is 26.4. The molecule has 0 heterocycles. The molecule has 0 aliphatic heterocycles. The van der Waals surface area contributed by atoms with Crippen LogP contribution in [0.2, 0.25) is 46.3 Å². The average Bonchev–Trinajstić information content (AvgIpc) is 2.79. The summed E-state index contributed by atoms with van der Waals surface area (Å²) >= 11 is 0. The highest BCUT2D eigenvalue weighted by atomic mass is 28.4. The van der Waals surface area contributed by atoms with Gasteiger partial charge in [0.25, 0.3) is 16.6 Å². The van der Waals surface area contributed by atoms with Crippen LogP contribution in [0.1, 0.15) is 83.1 Å². The molecule has 0 saturated carbocycles. The van der Waals surface area contributed by atoms with Gasteiger partial charge in [-0.15, -0.1) is 0 Å². The van der Waals surface area contributed by atoms with Gasteiger partial charge in [0.15, 0.2) is 0 Å².